The van der Waals surface area contributed by atoms with E-state index in [2.05, 4.69) is 0 Å². The Morgan fingerprint density at radius 2 is 1.14 bits per heavy atom. The molecule has 0 saturated carbocycles. The molecule has 0 spiro atoms. The lowest BCUT2D eigenvalue weighted by Gasteiger charge is -2.06. The first kappa shape index (κ1) is 25.3. The maximum atomic E-state index is 11.7. The Hall–Kier alpha value is -1.74. The van der Waals surface area contributed by atoms with E-state index in [9.17, 15) is 23.4 Å². The van der Waals surface area contributed by atoms with E-state index >= 15 is 0 Å². The van der Waals surface area contributed by atoms with Crippen molar-refractivity contribution >= 4 is 16.1 Å². The standard InChI is InChI=1S/C20H35NO7S/c22-18-15-16-19(23)21(18)28-20(24)14-12-10-8-6-4-2-1-3-5-7-9-11-13-17-29(25,26)27/h15-16,22-23H,1-14,17H2,(H,25,26,27). The first-order valence-electron chi connectivity index (χ1n) is 10.6. The molecule has 9 heteroatoms. The number of carbonyl (C=O) groups is 1. The van der Waals surface area contributed by atoms with Crippen LogP contribution in [-0.2, 0) is 14.9 Å². The van der Waals surface area contributed by atoms with Gasteiger partial charge >= 0.3 is 5.97 Å². The second-order valence-electron chi connectivity index (χ2n) is 7.44. The van der Waals surface area contributed by atoms with Crippen LogP contribution in [0.1, 0.15) is 89.9 Å². The molecular formula is C20H35NO7S. The summed E-state index contributed by atoms with van der Waals surface area (Å²) in [4.78, 5) is 16.6. The average molecular weight is 434 g/mol. The van der Waals surface area contributed by atoms with Crippen molar-refractivity contribution in [1.82, 2.24) is 4.73 Å². The third-order valence-corrected chi connectivity index (χ3v) is 5.58. The van der Waals surface area contributed by atoms with E-state index in [0.717, 1.165) is 44.9 Å². The second-order valence-corrected chi connectivity index (χ2v) is 9.01. The summed E-state index contributed by atoms with van der Waals surface area (Å²) in [6.45, 7) is 0. The number of rotatable bonds is 17. The van der Waals surface area contributed by atoms with E-state index in [1.165, 1.54) is 44.2 Å². The van der Waals surface area contributed by atoms with Gasteiger partial charge in [-0.15, -0.1) is 4.73 Å². The van der Waals surface area contributed by atoms with Crippen molar-refractivity contribution in [1.29, 1.82) is 0 Å². The second kappa shape index (κ2) is 14.3. The molecule has 0 fully saturated rings. The molecule has 0 atom stereocenters. The summed E-state index contributed by atoms with van der Waals surface area (Å²) in [7, 11) is -3.80. The van der Waals surface area contributed by atoms with Crippen LogP contribution in [-0.4, -0.2) is 39.6 Å². The van der Waals surface area contributed by atoms with Crippen LogP contribution in [0.15, 0.2) is 12.1 Å². The summed E-state index contributed by atoms with van der Waals surface area (Å²) in [6.07, 6.45) is 13.6. The average Bonchev–Trinajstić information content (AvgIpc) is 2.96. The lowest BCUT2D eigenvalue weighted by molar-refractivity contribution is -0.145. The van der Waals surface area contributed by atoms with E-state index in [-0.39, 0.29) is 23.9 Å². The molecule has 8 nitrogen and oxygen atoms in total. The Morgan fingerprint density at radius 3 is 1.55 bits per heavy atom. The first-order valence-corrected chi connectivity index (χ1v) is 12.2. The lowest BCUT2D eigenvalue weighted by Crippen LogP contribution is -2.18. The molecule has 0 aromatic carbocycles. The summed E-state index contributed by atoms with van der Waals surface area (Å²) in [6, 6.07) is 2.49. The van der Waals surface area contributed by atoms with Crippen LogP contribution in [0.2, 0.25) is 0 Å². The number of hydrogen-bond acceptors (Lipinski definition) is 6. The lowest BCUT2D eigenvalue weighted by atomic mass is 10.0. The molecule has 0 radical (unpaired) electrons. The van der Waals surface area contributed by atoms with Gasteiger partial charge in [-0.3, -0.25) is 4.55 Å². The molecule has 0 saturated heterocycles. The van der Waals surface area contributed by atoms with E-state index in [1.54, 1.807) is 0 Å². The number of aromatic hydroxyl groups is 2. The number of unbranched alkanes of at least 4 members (excludes halogenated alkanes) is 12. The smallest absolute Gasteiger partial charge is 0.333 e. The summed E-state index contributed by atoms with van der Waals surface area (Å²) in [5.41, 5.74) is 0. The van der Waals surface area contributed by atoms with Gasteiger partial charge in [0.2, 0.25) is 11.8 Å². The molecule has 1 heterocycles. The van der Waals surface area contributed by atoms with Crippen LogP contribution >= 0.6 is 0 Å². The largest absolute Gasteiger partial charge is 0.492 e. The van der Waals surface area contributed by atoms with Gasteiger partial charge in [0, 0.05) is 18.6 Å². The summed E-state index contributed by atoms with van der Waals surface area (Å²) in [5, 5.41) is 18.8. The van der Waals surface area contributed by atoms with Gasteiger partial charge in [-0.2, -0.15) is 8.42 Å². The van der Waals surface area contributed by atoms with Crippen LogP contribution in [0.4, 0.5) is 0 Å². The molecule has 0 unspecified atom stereocenters. The molecule has 1 aromatic heterocycles. The predicted molar refractivity (Wildman–Crippen MR) is 110 cm³/mol. The zero-order valence-corrected chi connectivity index (χ0v) is 17.9. The van der Waals surface area contributed by atoms with Crippen molar-refractivity contribution in [3.05, 3.63) is 12.1 Å². The van der Waals surface area contributed by atoms with Crippen molar-refractivity contribution < 1.29 is 32.8 Å². The molecule has 1 rings (SSSR count). The minimum atomic E-state index is -3.80. The normalized spacial score (nSPS) is 11.6. The van der Waals surface area contributed by atoms with Gasteiger partial charge in [0.05, 0.1) is 5.75 Å². The summed E-state index contributed by atoms with van der Waals surface area (Å²) >= 11 is 0. The molecule has 0 bridgehead atoms. The zero-order chi connectivity index (χ0) is 21.5. The van der Waals surface area contributed by atoms with Gasteiger partial charge < -0.3 is 15.1 Å². The maximum absolute atomic E-state index is 11.7. The van der Waals surface area contributed by atoms with E-state index in [1.807, 2.05) is 0 Å². The fraction of sp³-hybridized carbons (Fsp3) is 0.750. The van der Waals surface area contributed by atoms with Gasteiger partial charge in [-0.1, -0.05) is 70.6 Å². The Kier molecular flexibility index (Phi) is 12.5. The van der Waals surface area contributed by atoms with Crippen molar-refractivity contribution in [2.75, 3.05) is 5.75 Å². The van der Waals surface area contributed by atoms with Gasteiger partial charge in [0.15, 0.2) is 0 Å². The highest BCUT2D eigenvalue weighted by molar-refractivity contribution is 7.85. The SMILES string of the molecule is O=C(CCCCCCCCCCCCCCCS(=O)(=O)O)On1c(O)ccc1O. The van der Waals surface area contributed by atoms with Crippen molar-refractivity contribution in [3.8, 4) is 11.8 Å². The van der Waals surface area contributed by atoms with Crippen LogP contribution in [0.5, 0.6) is 11.8 Å². The Morgan fingerprint density at radius 1 is 0.759 bits per heavy atom. The topological polar surface area (TPSA) is 126 Å². The minimum absolute atomic E-state index is 0.130. The minimum Gasteiger partial charge on any atom is -0.492 e. The van der Waals surface area contributed by atoms with Crippen LogP contribution in [0, 0.1) is 0 Å². The van der Waals surface area contributed by atoms with Crippen molar-refractivity contribution in [2.24, 2.45) is 0 Å². The molecule has 0 amide bonds. The highest BCUT2D eigenvalue weighted by atomic mass is 32.2. The van der Waals surface area contributed by atoms with Crippen LogP contribution < -0.4 is 4.84 Å². The highest BCUT2D eigenvalue weighted by Crippen LogP contribution is 2.19. The van der Waals surface area contributed by atoms with Crippen molar-refractivity contribution in [2.45, 2.75) is 89.9 Å². The molecule has 29 heavy (non-hydrogen) atoms. The molecule has 3 N–H and O–H groups in total. The molecule has 0 aliphatic carbocycles. The van der Waals surface area contributed by atoms with Crippen LogP contribution in [0.25, 0.3) is 0 Å². The molecular weight excluding hydrogens is 398 g/mol. The van der Waals surface area contributed by atoms with Gasteiger partial charge in [0.25, 0.3) is 10.1 Å². The zero-order valence-electron chi connectivity index (χ0n) is 17.1. The van der Waals surface area contributed by atoms with Crippen molar-refractivity contribution in [3.63, 3.8) is 0 Å². The highest BCUT2D eigenvalue weighted by Gasteiger charge is 2.11. The number of nitrogens with zero attached hydrogens (tertiary/aromatic N) is 1. The Labute approximate surface area is 173 Å². The molecule has 0 aliphatic heterocycles. The number of hydrogen-bond donors (Lipinski definition) is 3. The fourth-order valence-electron chi connectivity index (χ4n) is 3.14. The number of aromatic nitrogens is 1. The number of carbonyl (C=O) groups excluding carboxylic acids is 1. The molecule has 0 aliphatic rings. The quantitative estimate of drug-likeness (QED) is 0.248. The molecule has 168 valence electrons. The Balaban J connectivity index is 1.84. The fourth-order valence-corrected chi connectivity index (χ4v) is 3.71. The van der Waals surface area contributed by atoms with Gasteiger partial charge in [-0.05, 0) is 12.8 Å². The summed E-state index contributed by atoms with van der Waals surface area (Å²) < 4.78 is 30.5. The first-order chi connectivity index (χ1) is 13.8. The van der Waals surface area contributed by atoms with Gasteiger partial charge in [-0.25, -0.2) is 4.79 Å². The van der Waals surface area contributed by atoms with Gasteiger partial charge in [0.1, 0.15) is 0 Å². The maximum Gasteiger partial charge on any atom is 0.333 e. The molecule has 1 aromatic rings. The Bertz CT molecular complexity index is 666. The van der Waals surface area contributed by atoms with E-state index in [0.29, 0.717) is 11.2 Å². The third-order valence-electron chi connectivity index (χ3n) is 4.77. The van der Waals surface area contributed by atoms with E-state index in [4.69, 9.17) is 9.39 Å². The monoisotopic (exact) mass is 433 g/mol. The third kappa shape index (κ3) is 13.2. The predicted octanol–water partition coefficient (Wildman–Crippen LogP) is 4.20. The summed E-state index contributed by atoms with van der Waals surface area (Å²) in [5.74, 6) is -1.24. The van der Waals surface area contributed by atoms with E-state index < -0.39 is 16.1 Å². The van der Waals surface area contributed by atoms with Crippen LogP contribution in [0.3, 0.4) is 0 Å².